The van der Waals surface area contributed by atoms with Gasteiger partial charge in [-0.25, -0.2) is 0 Å². The highest BCUT2D eigenvalue weighted by molar-refractivity contribution is 5.66. The molecule has 0 aliphatic heterocycles. The summed E-state index contributed by atoms with van der Waals surface area (Å²) in [6.45, 7) is -0.0332. The highest BCUT2D eigenvalue weighted by Crippen LogP contribution is 2.26. The zero-order valence-corrected chi connectivity index (χ0v) is 14.7. The van der Waals surface area contributed by atoms with Gasteiger partial charge in [0.05, 0.1) is 25.0 Å². The van der Waals surface area contributed by atoms with Crippen LogP contribution in [0.2, 0.25) is 0 Å². The van der Waals surface area contributed by atoms with Gasteiger partial charge < -0.3 is 14.4 Å². The van der Waals surface area contributed by atoms with Gasteiger partial charge in [-0.05, 0) is 42.0 Å². The summed E-state index contributed by atoms with van der Waals surface area (Å²) in [5.74, 6) is 1.67. The fourth-order valence-corrected chi connectivity index (χ4v) is 2.79. The van der Waals surface area contributed by atoms with Crippen LogP contribution in [-0.4, -0.2) is 27.3 Å². The summed E-state index contributed by atoms with van der Waals surface area (Å²) >= 11 is 0. The summed E-state index contributed by atoms with van der Waals surface area (Å²) < 4.78 is 10.5. The van der Waals surface area contributed by atoms with Gasteiger partial charge in [-0.2, -0.15) is 4.98 Å². The number of nitrogens with zero attached hydrogens (tertiary/aromatic N) is 3. The Balaban J connectivity index is 1.60. The number of hydrogen-bond acceptors (Lipinski definition) is 6. The average Bonchev–Trinajstić information content (AvgIpc) is 3.24. The second-order valence-corrected chi connectivity index (χ2v) is 5.90. The number of ether oxygens (including phenoxy) is 1. The Morgan fingerprint density at radius 3 is 2.44 bits per heavy atom. The predicted octanol–water partition coefficient (Wildman–Crippen LogP) is 3.97. The normalized spacial score (nSPS) is 10.7. The molecule has 2 aromatic heterocycles. The van der Waals surface area contributed by atoms with Gasteiger partial charge in [0.1, 0.15) is 5.75 Å². The highest BCUT2D eigenvalue weighted by atomic mass is 16.5. The standard InChI is InChI=1S/C21H17N3O3/c1-26-17-9-6-14(7-10-17)20-23-21(27-24-20)15-8-11-19(22-12-15)18-5-3-2-4-16(18)13-25/h2-12,25H,13H2,1H3. The van der Waals surface area contributed by atoms with E-state index in [2.05, 4.69) is 15.1 Å². The molecular formula is C21H17N3O3. The number of aliphatic hydroxyl groups is 1. The van der Waals surface area contributed by atoms with Crippen LogP contribution in [0.3, 0.4) is 0 Å². The summed E-state index contributed by atoms with van der Waals surface area (Å²) in [5, 5.41) is 13.5. The summed E-state index contributed by atoms with van der Waals surface area (Å²) in [7, 11) is 1.62. The molecule has 27 heavy (non-hydrogen) atoms. The fourth-order valence-electron chi connectivity index (χ4n) is 2.79. The van der Waals surface area contributed by atoms with E-state index in [0.717, 1.165) is 33.7 Å². The van der Waals surface area contributed by atoms with Crippen LogP contribution < -0.4 is 4.74 Å². The van der Waals surface area contributed by atoms with Gasteiger partial charge >= 0.3 is 0 Å². The Hall–Kier alpha value is -3.51. The molecule has 0 radical (unpaired) electrons. The van der Waals surface area contributed by atoms with Crippen LogP contribution >= 0.6 is 0 Å². The van der Waals surface area contributed by atoms with Crippen LogP contribution in [-0.2, 0) is 6.61 Å². The smallest absolute Gasteiger partial charge is 0.259 e. The van der Waals surface area contributed by atoms with Crippen molar-refractivity contribution in [3.63, 3.8) is 0 Å². The molecule has 4 aromatic rings. The van der Waals surface area contributed by atoms with Crippen molar-refractivity contribution in [1.29, 1.82) is 0 Å². The molecule has 0 spiro atoms. The molecule has 0 saturated heterocycles. The van der Waals surface area contributed by atoms with Crippen LogP contribution in [0.25, 0.3) is 34.1 Å². The topological polar surface area (TPSA) is 81.3 Å². The molecule has 4 rings (SSSR count). The fraction of sp³-hybridized carbons (Fsp3) is 0.0952. The van der Waals surface area contributed by atoms with Crippen LogP contribution in [0.15, 0.2) is 71.4 Å². The molecule has 6 heteroatoms. The summed E-state index contributed by atoms with van der Waals surface area (Å²) in [5.41, 5.74) is 4.08. The molecule has 0 unspecified atom stereocenters. The first-order valence-corrected chi connectivity index (χ1v) is 8.42. The summed E-state index contributed by atoms with van der Waals surface area (Å²) in [6, 6.07) is 18.8. The van der Waals surface area contributed by atoms with E-state index in [1.807, 2.05) is 60.7 Å². The summed E-state index contributed by atoms with van der Waals surface area (Å²) in [6.07, 6.45) is 1.69. The van der Waals surface area contributed by atoms with Crippen molar-refractivity contribution in [2.75, 3.05) is 7.11 Å². The molecular weight excluding hydrogens is 342 g/mol. The van der Waals surface area contributed by atoms with E-state index in [1.165, 1.54) is 0 Å². The van der Waals surface area contributed by atoms with Gasteiger partial charge in [-0.3, -0.25) is 4.98 Å². The Labute approximate surface area is 156 Å². The maximum Gasteiger partial charge on any atom is 0.259 e. The molecule has 2 aromatic carbocycles. The van der Waals surface area contributed by atoms with E-state index in [1.54, 1.807) is 13.3 Å². The first-order chi connectivity index (χ1) is 13.3. The first kappa shape index (κ1) is 16.9. The summed E-state index contributed by atoms with van der Waals surface area (Å²) in [4.78, 5) is 8.93. The number of aliphatic hydroxyl groups excluding tert-OH is 1. The van der Waals surface area contributed by atoms with Crippen LogP contribution in [0.4, 0.5) is 0 Å². The van der Waals surface area contributed by atoms with Gasteiger partial charge in [0.2, 0.25) is 5.82 Å². The molecule has 6 nitrogen and oxygen atoms in total. The number of pyridine rings is 1. The molecule has 0 aliphatic rings. The number of aromatic nitrogens is 3. The lowest BCUT2D eigenvalue weighted by atomic mass is 10.0. The van der Waals surface area contributed by atoms with E-state index in [-0.39, 0.29) is 6.61 Å². The number of methoxy groups -OCH3 is 1. The maximum absolute atomic E-state index is 9.49. The maximum atomic E-state index is 9.49. The van der Waals surface area contributed by atoms with Crippen molar-refractivity contribution in [3.8, 4) is 39.8 Å². The van der Waals surface area contributed by atoms with Crippen molar-refractivity contribution in [2.45, 2.75) is 6.61 Å². The van der Waals surface area contributed by atoms with E-state index < -0.39 is 0 Å². The molecule has 0 atom stereocenters. The van der Waals surface area contributed by atoms with Gasteiger partial charge in [-0.1, -0.05) is 29.4 Å². The lowest BCUT2D eigenvalue weighted by Crippen LogP contribution is -1.91. The Bertz CT molecular complexity index is 1040. The van der Waals surface area contributed by atoms with Gasteiger partial charge in [0, 0.05) is 17.3 Å². The molecule has 134 valence electrons. The molecule has 0 bridgehead atoms. The monoisotopic (exact) mass is 359 g/mol. The quantitative estimate of drug-likeness (QED) is 0.581. The Kier molecular flexibility index (Phi) is 4.63. The van der Waals surface area contributed by atoms with E-state index in [4.69, 9.17) is 9.26 Å². The zero-order valence-electron chi connectivity index (χ0n) is 14.7. The van der Waals surface area contributed by atoms with Crippen molar-refractivity contribution in [2.24, 2.45) is 0 Å². The largest absolute Gasteiger partial charge is 0.497 e. The number of rotatable bonds is 5. The third kappa shape index (κ3) is 3.43. The minimum atomic E-state index is -0.0332. The van der Waals surface area contributed by atoms with E-state index in [9.17, 15) is 5.11 Å². The average molecular weight is 359 g/mol. The second-order valence-electron chi connectivity index (χ2n) is 5.90. The first-order valence-electron chi connectivity index (χ1n) is 8.42. The lowest BCUT2D eigenvalue weighted by Gasteiger charge is -2.06. The zero-order chi connectivity index (χ0) is 18.6. The third-order valence-electron chi connectivity index (χ3n) is 4.25. The van der Waals surface area contributed by atoms with Crippen LogP contribution in [0, 0.1) is 0 Å². The van der Waals surface area contributed by atoms with Crippen LogP contribution in [0.5, 0.6) is 5.75 Å². The van der Waals surface area contributed by atoms with Gasteiger partial charge in [0.25, 0.3) is 5.89 Å². The van der Waals surface area contributed by atoms with E-state index >= 15 is 0 Å². The van der Waals surface area contributed by atoms with Crippen molar-refractivity contribution in [3.05, 3.63) is 72.4 Å². The Morgan fingerprint density at radius 1 is 0.963 bits per heavy atom. The predicted molar refractivity (Wildman–Crippen MR) is 101 cm³/mol. The van der Waals surface area contributed by atoms with E-state index in [0.29, 0.717) is 11.7 Å². The van der Waals surface area contributed by atoms with Crippen molar-refractivity contribution < 1.29 is 14.4 Å². The molecule has 0 saturated carbocycles. The third-order valence-corrected chi connectivity index (χ3v) is 4.25. The van der Waals surface area contributed by atoms with Crippen LogP contribution in [0.1, 0.15) is 5.56 Å². The SMILES string of the molecule is COc1ccc(-c2noc(-c3ccc(-c4ccccc4CO)nc3)n2)cc1. The molecule has 1 N–H and O–H groups in total. The lowest BCUT2D eigenvalue weighted by molar-refractivity contribution is 0.282. The number of benzene rings is 2. The minimum absolute atomic E-state index is 0.0332. The molecule has 0 fully saturated rings. The van der Waals surface area contributed by atoms with Gasteiger partial charge in [0.15, 0.2) is 0 Å². The molecule has 0 aliphatic carbocycles. The van der Waals surface area contributed by atoms with Gasteiger partial charge in [-0.15, -0.1) is 0 Å². The minimum Gasteiger partial charge on any atom is -0.497 e. The van der Waals surface area contributed by atoms with Crippen molar-refractivity contribution in [1.82, 2.24) is 15.1 Å². The highest BCUT2D eigenvalue weighted by Gasteiger charge is 2.12. The number of hydrogen-bond donors (Lipinski definition) is 1. The van der Waals surface area contributed by atoms with Crippen molar-refractivity contribution >= 4 is 0 Å². The second kappa shape index (κ2) is 7.39. The molecule has 2 heterocycles. The Morgan fingerprint density at radius 2 is 1.74 bits per heavy atom. The molecule has 0 amide bonds.